The number of hydrogen-bond donors (Lipinski definition) is 1. The quantitative estimate of drug-likeness (QED) is 0.670. The average molecular weight is 408 g/mol. The first-order chi connectivity index (χ1) is 14.6. The Labute approximate surface area is 174 Å². The minimum atomic E-state index is -0.0851. The summed E-state index contributed by atoms with van der Waals surface area (Å²) in [6, 6.07) is 7.40. The molecule has 1 aromatic carbocycles. The van der Waals surface area contributed by atoms with Crippen molar-refractivity contribution in [1.29, 1.82) is 0 Å². The number of rotatable bonds is 6. The second kappa shape index (κ2) is 8.54. The lowest BCUT2D eigenvalue weighted by molar-refractivity contribution is 0.232. The molecule has 0 unspecified atom stereocenters. The van der Waals surface area contributed by atoms with Gasteiger partial charge in [-0.2, -0.15) is 0 Å². The summed E-state index contributed by atoms with van der Waals surface area (Å²) in [7, 11) is 4.87. The zero-order valence-corrected chi connectivity index (χ0v) is 17.3. The molecule has 3 heterocycles. The molecule has 156 valence electrons. The van der Waals surface area contributed by atoms with Crippen molar-refractivity contribution in [3.63, 3.8) is 0 Å². The third kappa shape index (κ3) is 3.86. The predicted molar refractivity (Wildman–Crippen MR) is 112 cm³/mol. The predicted octanol–water partition coefficient (Wildman–Crippen LogP) is 2.42. The van der Waals surface area contributed by atoms with E-state index in [1.54, 1.807) is 33.7 Å². The lowest BCUT2D eigenvalue weighted by Crippen LogP contribution is -2.35. The standard InChI is InChI=1S/C22H24N4O4/c1-28-15-9-19(29-2)17(20(10-15)30-3)12-26-8-6-16-18(13-26)24-21(25-22(16)27)14-5-4-7-23-11-14/h4-5,7,9-11H,6,8,12-13H2,1-3H3,(H,24,25,27). The Morgan fingerprint density at radius 3 is 2.53 bits per heavy atom. The van der Waals surface area contributed by atoms with Gasteiger partial charge in [0, 0.05) is 55.3 Å². The van der Waals surface area contributed by atoms with Gasteiger partial charge < -0.3 is 19.2 Å². The van der Waals surface area contributed by atoms with Gasteiger partial charge >= 0.3 is 0 Å². The molecule has 0 aliphatic carbocycles. The van der Waals surface area contributed by atoms with E-state index in [2.05, 4.69) is 14.9 Å². The first-order valence-corrected chi connectivity index (χ1v) is 9.66. The molecule has 0 atom stereocenters. The zero-order valence-electron chi connectivity index (χ0n) is 17.3. The maximum absolute atomic E-state index is 12.6. The highest BCUT2D eigenvalue weighted by atomic mass is 16.5. The minimum absolute atomic E-state index is 0.0851. The van der Waals surface area contributed by atoms with Gasteiger partial charge in [-0.05, 0) is 18.6 Å². The van der Waals surface area contributed by atoms with E-state index in [9.17, 15) is 4.79 Å². The van der Waals surface area contributed by atoms with Gasteiger partial charge in [-0.3, -0.25) is 14.7 Å². The summed E-state index contributed by atoms with van der Waals surface area (Å²) >= 11 is 0. The molecule has 8 heteroatoms. The maximum Gasteiger partial charge on any atom is 0.254 e. The van der Waals surface area contributed by atoms with Gasteiger partial charge in [0.15, 0.2) is 0 Å². The Hall–Kier alpha value is -3.39. The molecule has 30 heavy (non-hydrogen) atoms. The molecule has 4 rings (SSSR count). The van der Waals surface area contributed by atoms with Crippen LogP contribution < -0.4 is 19.8 Å². The fourth-order valence-corrected chi connectivity index (χ4v) is 3.73. The Balaban J connectivity index is 1.64. The van der Waals surface area contributed by atoms with Crippen LogP contribution in [0, 0.1) is 0 Å². The zero-order chi connectivity index (χ0) is 21.1. The summed E-state index contributed by atoms with van der Waals surface area (Å²) in [5.74, 6) is 2.61. The van der Waals surface area contributed by atoms with Crippen molar-refractivity contribution in [2.45, 2.75) is 19.5 Å². The van der Waals surface area contributed by atoms with Crippen LogP contribution >= 0.6 is 0 Å². The summed E-state index contributed by atoms with van der Waals surface area (Å²) in [5, 5.41) is 0. The van der Waals surface area contributed by atoms with E-state index >= 15 is 0 Å². The Kier molecular flexibility index (Phi) is 5.67. The molecule has 0 bridgehead atoms. The van der Waals surface area contributed by atoms with Crippen LogP contribution in [0.2, 0.25) is 0 Å². The molecule has 8 nitrogen and oxygen atoms in total. The molecule has 0 fully saturated rings. The van der Waals surface area contributed by atoms with Crippen molar-refractivity contribution < 1.29 is 14.2 Å². The summed E-state index contributed by atoms with van der Waals surface area (Å²) in [6.07, 6.45) is 4.02. The molecule has 0 amide bonds. The summed E-state index contributed by atoms with van der Waals surface area (Å²) in [5.41, 5.74) is 3.16. The first-order valence-electron chi connectivity index (χ1n) is 9.66. The molecule has 2 aromatic heterocycles. The van der Waals surface area contributed by atoms with Crippen LogP contribution in [0.15, 0.2) is 41.5 Å². The van der Waals surface area contributed by atoms with Crippen LogP contribution in [-0.4, -0.2) is 47.7 Å². The van der Waals surface area contributed by atoms with E-state index in [-0.39, 0.29) is 5.56 Å². The molecule has 0 radical (unpaired) electrons. The highest BCUT2D eigenvalue weighted by Crippen LogP contribution is 2.35. The van der Waals surface area contributed by atoms with Gasteiger partial charge in [-0.1, -0.05) is 0 Å². The molecule has 0 saturated carbocycles. The van der Waals surface area contributed by atoms with Crippen molar-refractivity contribution in [3.05, 3.63) is 63.8 Å². The van der Waals surface area contributed by atoms with Crippen molar-refractivity contribution in [3.8, 4) is 28.6 Å². The van der Waals surface area contributed by atoms with Crippen LogP contribution in [0.3, 0.4) is 0 Å². The molecule has 1 aliphatic rings. The van der Waals surface area contributed by atoms with Crippen molar-refractivity contribution in [1.82, 2.24) is 19.9 Å². The number of benzene rings is 1. The number of ether oxygens (including phenoxy) is 3. The number of H-pyrrole nitrogens is 1. The van der Waals surface area contributed by atoms with Crippen LogP contribution in [0.4, 0.5) is 0 Å². The number of hydrogen-bond acceptors (Lipinski definition) is 7. The average Bonchev–Trinajstić information content (AvgIpc) is 2.79. The van der Waals surface area contributed by atoms with E-state index in [4.69, 9.17) is 19.2 Å². The van der Waals surface area contributed by atoms with E-state index < -0.39 is 0 Å². The SMILES string of the molecule is COc1cc(OC)c(CN2CCc3c(nc(-c4cccnc4)[nH]c3=O)C2)c(OC)c1. The summed E-state index contributed by atoms with van der Waals surface area (Å²) in [4.78, 5) is 26.6. The highest BCUT2D eigenvalue weighted by molar-refractivity contribution is 5.53. The molecular formula is C22H24N4O4. The van der Waals surface area contributed by atoms with Crippen molar-refractivity contribution >= 4 is 0 Å². The highest BCUT2D eigenvalue weighted by Gasteiger charge is 2.24. The number of pyridine rings is 1. The van der Waals surface area contributed by atoms with Crippen molar-refractivity contribution in [2.75, 3.05) is 27.9 Å². The Bertz CT molecular complexity index is 1070. The Morgan fingerprint density at radius 1 is 1.13 bits per heavy atom. The number of aromatic amines is 1. The number of fused-ring (bicyclic) bond motifs is 1. The van der Waals surface area contributed by atoms with Gasteiger partial charge in [0.2, 0.25) is 0 Å². The molecule has 1 N–H and O–H groups in total. The van der Waals surface area contributed by atoms with Crippen LogP contribution in [-0.2, 0) is 19.5 Å². The lowest BCUT2D eigenvalue weighted by atomic mass is 10.0. The monoisotopic (exact) mass is 408 g/mol. The molecular weight excluding hydrogens is 384 g/mol. The number of nitrogens with zero attached hydrogens (tertiary/aromatic N) is 3. The largest absolute Gasteiger partial charge is 0.496 e. The molecule has 0 spiro atoms. The van der Waals surface area contributed by atoms with Gasteiger partial charge in [-0.25, -0.2) is 4.98 Å². The molecule has 1 aliphatic heterocycles. The third-order valence-electron chi connectivity index (χ3n) is 5.29. The fraction of sp³-hybridized carbons (Fsp3) is 0.318. The van der Waals surface area contributed by atoms with Gasteiger partial charge in [0.05, 0.1) is 32.6 Å². The van der Waals surface area contributed by atoms with E-state index in [0.717, 1.165) is 28.9 Å². The Morgan fingerprint density at radius 2 is 1.90 bits per heavy atom. The van der Waals surface area contributed by atoms with Gasteiger partial charge in [-0.15, -0.1) is 0 Å². The maximum atomic E-state index is 12.6. The summed E-state index contributed by atoms with van der Waals surface area (Å²) in [6.45, 7) is 1.90. The normalized spacial score (nSPS) is 13.6. The van der Waals surface area contributed by atoms with Crippen LogP contribution in [0.25, 0.3) is 11.4 Å². The number of aromatic nitrogens is 3. The van der Waals surface area contributed by atoms with E-state index in [0.29, 0.717) is 42.6 Å². The van der Waals surface area contributed by atoms with E-state index in [1.165, 1.54) is 0 Å². The lowest BCUT2D eigenvalue weighted by Gasteiger charge is -2.29. The summed E-state index contributed by atoms with van der Waals surface area (Å²) < 4.78 is 16.5. The van der Waals surface area contributed by atoms with Crippen LogP contribution in [0.5, 0.6) is 17.2 Å². The third-order valence-corrected chi connectivity index (χ3v) is 5.29. The van der Waals surface area contributed by atoms with Gasteiger partial charge in [0.1, 0.15) is 23.1 Å². The smallest absolute Gasteiger partial charge is 0.254 e. The fourth-order valence-electron chi connectivity index (χ4n) is 3.73. The van der Waals surface area contributed by atoms with Gasteiger partial charge in [0.25, 0.3) is 5.56 Å². The second-order valence-corrected chi connectivity index (χ2v) is 7.05. The first kappa shape index (κ1) is 19.9. The topological polar surface area (TPSA) is 89.6 Å². The molecule has 3 aromatic rings. The minimum Gasteiger partial charge on any atom is -0.496 e. The van der Waals surface area contributed by atoms with Crippen LogP contribution in [0.1, 0.15) is 16.8 Å². The van der Waals surface area contributed by atoms with Crippen molar-refractivity contribution in [2.24, 2.45) is 0 Å². The number of nitrogens with one attached hydrogen (secondary N) is 1. The van der Waals surface area contributed by atoms with E-state index in [1.807, 2.05) is 24.3 Å². The second-order valence-electron chi connectivity index (χ2n) is 7.05. The number of methoxy groups -OCH3 is 3. The molecule has 0 saturated heterocycles.